The Morgan fingerprint density at radius 2 is 1.97 bits per heavy atom. The van der Waals surface area contributed by atoms with Crippen molar-refractivity contribution >= 4 is 34.7 Å². The summed E-state index contributed by atoms with van der Waals surface area (Å²) in [6.07, 6.45) is 0.780. The number of hydrogen-bond donors (Lipinski definition) is 3. The van der Waals surface area contributed by atoms with Crippen molar-refractivity contribution in [2.75, 3.05) is 13.7 Å². The van der Waals surface area contributed by atoms with E-state index in [0.29, 0.717) is 24.4 Å². The Bertz CT molecular complexity index is 1190. The molecule has 182 valence electrons. The average molecular weight is 471 g/mol. The SMILES string of the molecule is COc1ccc2[nH]c3c(c2c1)CCN1C(=O)N([C@@H](C)C(=O)N[C@@H](CC(C)C)C(=O)O)C(=O)[C@]31C. The highest BCUT2D eigenvalue weighted by molar-refractivity contribution is 6.11. The number of aromatic amines is 1. The van der Waals surface area contributed by atoms with Crippen molar-refractivity contribution in [1.29, 1.82) is 0 Å². The fraction of sp³-hybridized carbons (Fsp3) is 0.500. The van der Waals surface area contributed by atoms with Gasteiger partial charge in [-0.2, -0.15) is 0 Å². The van der Waals surface area contributed by atoms with E-state index in [4.69, 9.17) is 4.74 Å². The monoisotopic (exact) mass is 470 g/mol. The lowest BCUT2D eigenvalue weighted by atomic mass is 9.87. The quantitative estimate of drug-likeness (QED) is 0.532. The lowest BCUT2D eigenvalue weighted by Crippen LogP contribution is -2.53. The Kier molecular flexibility index (Phi) is 5.79. The number of H-pyrrole nitrogens is 1. The Balaban J connectivity index is 1.66. The first-order valence-corrected chi connectivity index (χ1v) is 11.4. The summed E-state index contributed by atoms with van der Waals surface area (Å²) in [4.78, 5) is 57.3. The number of fused-ring (bicyclic) bond motifs is 5. The highest BCUT2D eigenvalue weighted by atomic mass is 16.5. The number of hydrogen-bond acceptors (Lipinski definition) is 5. The summed E-state index contributed by atoms with van der Waals surface area (Å²) in [5, 5.41) is 12.9. The minimum absolute atomic E-state index is 0.0405. The molecule has 10 heteroatoms. The predicted octanol–water partition coefficient (Wildman–Crippen LogP) is 2.22. The molecule has 2 aromatic rings. The fourth-order valence-electron chi connectivity index (χ4n) is 5.02. The third kappa shape index (κ3) is 3.48. The number of urea groups is 1. The number of benzene rings is 1. The molecule has 34 heavy (non-hydrogen) atoms. The first-order chi connectivity index (χ1) is 16.0. The van der Waals surface area contributed by atoms with Crippen LogP contribution < -0.4 is 10.1 Å². The second-order valence-electron chi connectivity index (χ2n) is 9.53. The van der Waals surface area contributed by atoms with Crippen LogP contribution in [0.5, 0.6) is 5.75 Å². The number of aromatic nitrogens is 1. The van der Waals surface area contributed by atoms with E-state index in [1.54, 1.807) is 14.0 Å². The molecule has 3 heterocycles. The Labute approximate surface area is 197 Å². The van der Waals surface area contributed by atoms with Crippen LogP contribution in [0.4, 0.5) is 4.79 Å². The van der Waals surface area contributed by atoms with Crippen LogP contribution in [-0.2, 0) is 26.3 Å². The van der Waals surface area contributed by atoms with Crippen molar-refractivity contribution < 1.29 is 29.0 Å². The largest absolute Gasteiger partial charge is 0.497 e. The van der Waals surface area contributed by atoms with Crippen molar-refractivity contribution in [2.45, 2.75) is 58.2 Å². The van der Waals surface area contributed by atoms with Gasteiger partial charge >= 0.3 is 12.0 Å². The van der Waals surface area contributed by atoms with Crippen molar-refractivity contribution in [3.63, 3.8) is 0 Å². The van der Waals surface area contributed by atoms with Gasteiger partial charge in [-0.15, -0.1) is 0 Å². The zero-order chi connectivity index (χ0) is 24.9. The van der Waals surface area contributed by atoms with E-state index < -0.39 is 41.4 Å². The number of carbonyl (C=O) groups excluding carboxylic acids is 3. The second-order valence-corrected chi connectivity index (χ2v) is 9.53. The number of nitrogens with one attached hydrogen (secondary N) is 2. The van der Waals surface area contributed by atoms with E-state index in [0.717, 1.165) is 21.4 Å². The molecule has 0 saturated carbocycles. The smallest absolute Gasteiger partial charge is 0.328 e. The maximum absolute atomic E-state index is 13.7. The third-order valence-electron chi connectivity index (χ3n) is 6.89. The van der Waals surface area contributed by atoms with Crippen LogP contribution in [0.1, 0.15) is 45.4 Å². The fourth-order valence-corrected chi connectivity index (χ4v) is 5.02. The number of carboxylic acid groups (broad SMARTS) is 1. The van der Waals surface area contributed by atoms with Gasteiger partial charge in [0.05, 0.1) is 12.8 Å². The number of ether oxygens (including phenoxy) is 1. The summed E-state index contributed by atoms with van der Waals surface area (Å²) in [7, 11) is 1.59. The van der Waals surface area contributed by atoms with Crippen molar-refractivity contribution in [1.82, 2.24) is 20.1 Å². The van der Waals surface area contributed by atoms with Crippen LogP contribution >= 0.6 is 0 Å². The maximum atomic E-state index is 13.7. The number of carbonyl (C=O) groups is 4. The minimum Gasteiger partial charge on any atom is -0.497 e. The molecule has 0 spiro atoms. The second kappa shape index (κ2) is 8.34. The van der Waals surface area contributed by atoms with Crippen LogP contribution in [0.15, 0.2) is 18.2 Å². The van der Waals surface area contributed by atoms with E-state index in [-0.39, 0.29) is 12.3 Å². The summed E-state index contributed by atoms with van der Waals surface area (Å²) in [6, 6.07) is 2.77. The van der Waals surface area contributed by atoms with Gasteiger partial charge in [-0.1, -0.05) is 13.8 Å². The number of methoxy groups -OCH3 is 1. The molecule has 1 saturated heterocycles. The maximum Gasteiger partial charge on any atom is 0.328 e. The van der Waals surface area contributed by atoms with E-state index in [2.05, 4.69) is 10.3 Å². The van der Waals surface area contributed by atoms with Gasteiger partial charge < -0.3 is 25.0 Å². The normalized spacial score (nSPS) is 21.5. The molecule has 1 fully saturated rings. The van der Waals surface area contributed by atoms with Gasteiger partial charge in [-0.25, -0.2) is 14.5 Å². The molecule has 0 aliphatic carbocycles. The first-order valence-electron chi connectivity index (χ1n) is 11.4. The van der Waals surface area contributed by atoms with Crippen molar-refractivity contribution in [3.05, 3.63) is 29.5 Å². The zero-order valence-corrected chi connectivity index (χ0v) is 20.0. The molecule has 4 rings (SSSR count). The van der Waals surface area contributed by atoms with E-state index in [1.807, 2.05) is 32.0 Å². The van der Waals surface area contributed by atoms with Crippen LogP contribution in [0.2, 0.25) is 0 Å². The lowest BCUT2D eigenvalue weighted by Gasteiger charge is -2.36. The average Bonchev–Trinajstić information content (AvgIpc) is 3.25. The van der Waals surface area contributed by atoms with Crippen LogP contribution in [-0.4, -0.2) is 69.4 Å². The summed E-state index contributed by atoms with van der Waals surface area (Å²) < 4.78 is 5.34. The molecule has 1 aromatic heterocycles. The summed E-state index contributed by atoms with van der Waals surface area (Å²) >= 11 is 0. The Morgan fingerprint density at radius 1 is 1.26 bits per heavy atom. The van der Waals surface area contributed by atoms with Gasteiger partial charge in [0.15, 0.2) is 5.54 Å². The van der Waals surface area contributed by atoms with Gasteiger partial charge in [-0.3, -0.25) is 9.59 Å². The van der Waals surface area contributed by atoms with Crippen LogP contribution in [0.25, 0.3) is 10.9 Å². The molecule has 2 aliphatic rings. The standard InChI is InChI=1S/C24H30N4O6/c1-12(2)10-18(21(30)31)26-20(29)13(3)28-22(32)24(4)19-15(8-9-27(24)23(28)33)16-11-14(34-5)6-7-17(16)25-19/h6-7,11-13,18,25H,8-10H2,1-5H3,(H,26,29)(H,30,31)/t13-,18-,24-/m0/s1. The van der Waals surface area contributed by atoms with Gasteiger partial charge in [0.25, 0.3) is 5.91 Å². The third-order valence-corrected chi connectivity index (χ3v) is 6.89. The summed E-state index contributed by atoms with van der Waals surface area (Å²) in [5.41, 5.74) is 1.10. The number of nitrogens with zero attached hydrogens (tertiary/aromatic N) is 2. The molecule has 4 amide bonds. The molecule has 1 aromatic carbocycles. The Morgan fingerprint density at radius 3 is 2.59 bits per heavy atom. The number of aliphatic carboxylic acids is 1. The van der Waals surface area contributed by atoms with Gasteiger partial charge in [-0.05, 0) is 56.4 Å². The molecule has 0 bridgehead atoms. The summed E-state index contributed by atoms with van der Waals surface area (Å²) in [5.74, 6) is -1.62. The van der Waals surface area contributed by atoms with E-state index >= 15 is 0 Å². The summed E-state index contributed by atoms with van der Waals surface area (Å²) in [6.45, 7) is 7.14. The van der Waals surface area contributed by atoms with E-state index in [9.17, 15) is 24.3 Å². The molecular weight excluding hydrogens is 440 g/mol. The topological polar surface area (TPSA) is 132 Å². The van der Waals surface area contributed by atoms with E-state index in [1.165, 1.54) is 11.8 Å². The van der Waals surface area contributed by atoms with Gasteiger partial charge in [0.2, 0.25) is 5.91 Å². The van der Waals surface area contributed by atoms with Crippen LogP contribution in [0.3, 0.4) is 0 Å². The van der Waals surface area contributed by atoms with Crippen molar-refractivity contribution in [2.24, 2.45) is 5.92 Å². The molecule has 0 radical (unpaired) electrons. The molecule has 10 nitrogen and oxygen atoms in total. The molecule has 2 aliphatic heterocycles. The first kappa shape index (κ1) is 23.6. The molecule has 3 N–H and O–H groups in total. The Hall–Kier alpha value is -3.56. The molecular formula is C24H30N4O6. The predicted molar refractivity (Wildman–Crippen MR) is 123 cm³/mol. The highest BCUT2D eigenvalue weighted by Gasteiger charge is 2.60. The molecule has 0 unspecified atom stereocenters. The van der Waals surface area contributed by atoms with Crippen molar-refractivity contribution in [3.8, 4) is 5.75 Å². The lowest BCUT2D eigenvalue weighted by molar-refractivity contribution is -0.144. The molecule has 3 atom stereocenters. The number of carboxylic acids is 1. The zero-order valence-electron chi connectivity index (χ0n) is 20.0. The van der Waals surface area contributed by atoms with Gasteiger partial charge in [0, 0.05) is 17.4 Å². The number of imide groups is 1. The minimum atomic E-state index is -1.30. The van der Waals surface area contributed by atoms with Gasteiger partial charge in [0.1, 0.15) is 17.8 Å². The highest BCUT2D eigenvalue weighted by Crippen LogP contribution is 2.45. The number of amides is 4. The number of rotatable bonds is 7. The van der Waals surface area contributed by atoms with Crippen LogP contribution in [0, 0.1) is 5.92 Å².